The van der Waals surface area contributed by atoms with Gasteiger partial charge in [0.2, 0.25) is 0 Å². The molecule has 0 saturated heterocycles. The van der Waals surface area contributed by atoms with Gasteiger partial charge in [0, 0.05) is 17.5 Å². The van der Waals surface area contributed by atoms with Crippen molar-refractivity contribution in [3.8, 4) is 0 Å². The van der Waals surface area contributed by atoms with Crippen LogP contribution in [0.25, 0.3) is 10.9 Å². The third-order valence-corrected chi connectivity index (χ3v) is 3.27. The van der Waals surface area contributed by atoms with E-state index in [4.69, 9.17) is 23.8 Å². The summed E-state index contributed by atoms with van der Waals surface area (Å²) in [6.45, 7) is 6.19. The zero-order chi connectivity index (χ0) is 15.2. The first kappa shape index (κ1) is 15.4. The largest absolute Gasteiger partial charge is 0.358 e. The van der Waals surface area contributed by atoms with Gasteiger partial charge in [-0.2, -0.15) is 5.10 Å². The van der Waals surface area contributed by atoms with Crippen molar-refractivity contribution in [2.75, 3.05) is 6.54 Å². The van der Waals surface area contributed by atoms with Crippen molar-refractivity contribution in [2.45, 2.75) is 6.92 Å². The van der Waals surface area contributed by atoms with Crippen LogP contribution >= 0.6 is 23.8 Å². The zero-order valence-electron chi connectivity index (χ0n) is 11.6. The summed E-state index contributed by atoms with van der Waals surface area (Å²) in [6, 6.07) is 7.98. The Morgan fingerprint density at radius 3 is 3.05 bits per heavy atom. The molecule has 2 aromatic rings. The van der Waals surface area contributed by atoms with E-state index < -0.39 is 0 Å². The molecule has 6 heteroatoms. The lowest BCUT2D eigenvalue weighted by molar-refractivity contribution is 0.941. The summed E-state index contributed by atoms with van der Waals surface area (Å²) < 4.78 is 0. The summed E-state index contributed by atoms with van der Waals surface area (Å²) in [5.74, 6) is 0. The molecule has 0 bridgehead atoms. The Bertz CT molecular complexity index is 712. The standard InChI is InChI=1S/C15H15ClN4S/c1-3-6-17-15(21)20-18-9-12-8-11-5-4-10(2)7-13(11)19-14(12)16/h3-5,7-9H,1,6H2,2H3,(H2,17,20,21)/b18-9-. The van der Waals surface area contributed by atoms with Crippen molar-refractivity contribution >= 4 is 46.0 Å². The molecular formula is C15H15ClN4S. The molecule has 21 heavy (non-hydrogen) atoms. The number of aromatic nitrogens is 1. The summed E-state index contributed by atoms with van der Waals surface area (Å²) in [7, 11) is 0. The number of aryl methyl sites for hydroxylation is 1. The highest BCUT2D eigenvalue weighted by atomic mass is 35.5. The number of hydrogen-bond donors (Lipinski definition) is 2. The number of pyridine rings is 1. The van der Waals surface area contributed by atoms with Crippen LogP contribution in [0.15, 0.2) is 42.0 Å². The Morgan fingerprint density at radius 1 is 1.48 bits per heavy atom. The number of hydrogen-bond acceptors (Lipinski definition) is 3. The van der Waals surface area contributed by atoms with Crippen LogP contribution < -0.4 is 10.7 Å². The Balaban J connectivity index is 2.14. The van der Waals surface area contributed by atoms with E-state index >= 15 is 0 Å². The number of thiocarbonyl (C=S) groups is 1. The second-order valence-electron chi connectivity index (χ2n) is 4.43. The summed E-state index contributed by atoms with van der Waals surface area (Å²) in [5, 5.41) is 8.79. The molecule has 1 aromatic carbocycles. The first-order chi connectivity index (χ1) is 10.1. The monoisotopic (exact) mass is 318 g/mol. The van der Waals surface area contributed by atoms with E-state index in [1.807, 2.05) is 31.2 Å². The Morgan fingerprint density at radius 2 is 2.29 bits per heavy atom. The van der Waals surface area contributed by atoms with E-state index in [1.165, 1.54) is 0 Å². The Labute approximate surface area is 133 Å². The number of hydrazone groups is 1. The molecule has 0 spiro atoms. The smallest absolute Gasteiger partial charge is 0.187 e. The predicted octanol–water partition coefficient (Wildman–Crippen LogP) is 3.18. The number of fused-ring (bicyclic) bond motifs is 1. The van der Waals surface area contributed by atoms with E-state index in [2.05, 4.69) is 27.4 Å². The molecule has 0 unspecified atom stereocenters. The highest BCUT2D eigenvalue weighted by Crippen LogP contribution is 2.20. The first-order valence-corrected chi connectivity index (χ1v) is 7.13. The Kier molecular flexibility index (Phi) is 5.25. The SMILES string of the molecule is C=CCNC(=S)N/N=C\c1cc2ccc(C)cc2nc1Cl. The van der Waals surface area contributed by atoms with Gasteiger partial charge >= 0.3 is 0 Å². The van der Waals surface area contributed by atoms with Gasteiger partial charge in [-0.25, -0.2) is 4.98 Å². The van der Waals surface area contributed by atoms with Gasteiger partial charge in [-0.3, -0.25) is 5.43 Å². The van der Waals surface area contributed by atoms with Gasteiger partial charge in [-0.1, -0.05) is 29.8 Å². The maximum absolute atomic E-state index is 6.16. The quantitative estimate of drug-likeness (QED) is 0.299. The maximum atomic E-state index is 6.16. The molecule has 0 aliphatic carbocycles. The van der Waals surface area contributed by atoms with Gasteiger partial charge in [0.1, 0.15) is 5.15 Å². The fourth-order valence-electron chi connectivity index (χ4n) is 1.73. The average molecular weight is 319 g/mol. The van der Waals surface area contributed by atoms with Crippen molar-refractivity contribution in [1.29, 1.82) is 0 Å². The van der Waals surface area contributed by atoms with Gasteiger partial charge in [0.15, 0.2) is 5.11 Å². The van der Waals surface area contributed by atoms with Crippen molar-refractivity contribution in [3.63, 3.8) is 0 Å². The molecule has 1 heterocycles. The molecule has 0 amide bonds. The third kappa shape index (κ3) is 4.24. The summed E-state index contributed by atoms with van der Waals surface area (Å²) in [6.07, 6.45) is 3.31. The predicted molar refractivity (Wildman–Crippen MR) is 93.0 cm³/mol. The van der Waals surface area contributed by atoms with Gasteiger partial charge in [-0.05, 0) is 36.8 Å². The minimum atomic E-state index is 0.406. The lowest BCUT2D eigenvalue weighted by Gasteiger charge is -2.05. The van der Waals surface area contributed by atoms with Crippen LogP contribution in [-0.2, 0) is 0 Å². The van der Waals surface area contributed by atoms with E-state index in [1.54, 1.807) is 12.3 Å². The molecule has 2 N–H and O–H groups in total. The number of halogens is 1. The van der Waals surface area contributed by atoms with Gasteiger partial charge < -0.3 is 5.32 Å². The average Bonchev–Trinajstić information content (AvgIpc) is 2.45. The topological polar surface area (TPSA) is 49.3 Å². The van der Waals surface area contributed by atoms with E-state index in [0.717, 1.165) is 22.0 Å². The lowest BCUT2D eigenvalue weighted by atomic mass is 10.1. The van der Waals surface area contributed by atoms with E-state index in [9.17, 15) is 0 Å². The fraction of sp³-hybridized carbons (Fsp3) is 0.133. The van der Waals surface area contributed by atoms with Crippen LogP contribution in [0.4, 0.5) is 0 Å². The molecule has 4 nitrogen and oxygen atoms in total. The van der Waals surface area contributed by atoms with Crippen LogP contribution in [0, 0.1) is 6.92 Å². The lowest BCUT2D eigenvalue weighted by Crippen LogP contribution is -2.31. The fourth-order valence-corrected chi connectivity index (χ4v) is 2.06. The van der Waals surface area contributed by atoms with E-state index in [0.29, 0.717) is 16.8 Å². The minimum absolute atomic E-state index is 0.406. The molecule has 0 atom stereocenters. The van der Waals surface area contributed by atoms with Crippen molar-refractivity contribution in [1.82, 2.24) is 15.7 Å². The van der Waals surface area contributed by atoms with Crippen molar-refractivity contribution in [2.24, 2.45) is 5.10 Å². The molecule has 0 fully saturated rings. The summed E-state index contributed by atoms with van der Waals surface area (Å²) in [5.41, 5.74) is 5.45. The van der Waals surface area contributed by atoms with Crippen LogP contribution in [0.5, 0.6) is 0 Å². The molecule has 1 aromatic heterocycles. The van der Waals surface area contributed by atoms with Gasteiger partial charge in [0.05, 0.1) is 11.7 Å². The first-order valence-electron chi connectivity index (χ1n) is 6.35. The number of nitrogens with one attached hydrogen (secondary N) is 2. The second-order valence-corrected chi connectivity index (χ2v) is 5.20. The number of benzene rings is 1. The highest BCUT2D eigenvalue weighted by molar-refractivity contribution is 7.80. The number of rotatable bonds is 4. The molecule has 0 radical (unpaired) electrons. The normalized spacial score (nSPS) is 10.8. The Hall–Kier alpha value is -1.98. The molecule has 2 rings (SSSR count). The van der Waals surface area contributed by atoms with Crippen LogP contribution in [0.2, 0.25) is 5.15 Å². The number of nitrogens with zero attached hydrogens (tertiary/aromatic N) is 2. The third-order valence-electron chi connectivity index (χ3n) is 2.73. The van der Waals surface area contributed by atoms with Gasteiger partial charge in [0.25, 0.3) is 0 Å². The van der Waals surface area contributed by atoms with Crippen molar-refractivity contribution < 1.29 is 0 Å². The molecular weight excluding hydrogens is 304 g/mol. The summed E-state index contributed by atoms with van der Waals surface area (Å²) in [4.78, 5) is 4.37. The van der Waals surface area contributed by atoms with Crippen LogP contribution in [0.1, 0.15) is 11.1 Å². The summed E-state index contributed by atoms with van der Waals surface area (Å²) >= 11 is 11.2. The van der Waals surface area contributed by atoms with Crippen molar-refractivity contribution in [3.05, 3.63) is 53.2 Å². The second kappa shape index (κ2) is 7.15. The van der Waals surface area contributed by atoms with Gasteiger partial charge in [-0.15, -0.1) is 6.58 Å². The molecule has 108 valence electrons. The molecule has 0 aliphatic heterocycles. The van der Waals surface area contributed by atoms with Crippen LogP contribution in [-0.4, -0.2) is 22.9 Å². The zero-order valence-corrected chi connectivity index (χ0v) is 13.1. The highest BCUT2D eigenvalue weighted by Gasteiger charge is 2.03. The molecule has 0 aliphatic rings. The molecule has 0 saturated carbocycles. The van der Waals surface area contributed by atoms with E-state index in [-0.39, 0.29) is 0 Å². The van der Waals surface area contributed by atoms with Crippen LogP contribution in [0.3, 0.4) is 0 Å². The maximum Gasteiger partial charge on any atom is 0.187 e. The minimum Gasteiger partial charge on any atom is -0.358 e.